The Morgan fingerprint density at radius 2 is 2.09 bits per heavy atom. The van der Waals surface area contributed by atoms with Crippen molar-refractivity contribution in [3.8, 4) is 5.97 Å². The third-order valence-electron chi connectivity index (χ3n) is 6.34. The Balaban J connectivity index is 1.48. The SMILES string of the molecule is Cc1ccc2nc(N3CCS(=O)c4ccccc4C3)nc(NCC3(N)CB(C#N)C3)c2c1. The van der Waals surface area contributed by atoms with Crippen LogP contribution in [0.4, 0.5) is 11.8 Å². The second-order valence-electron chi connectivity index (χ2n) is 8.92. The summed E-state index contributed by atoms with van der Waals surface area (Å²) in [5, 5.41) is 13.5. The summed E-state index contributed by atoms with van der Waals surface area (Å²) in [4.78, 5) is 12.7. The molecule has 2 aromatic carbocycles. The Bertz CT molecular complexity index is 1250. The molecule has 3 heterocycles. The van der Waals surface area contributed by atoms with Crippen LogP contribution in [-0.4, -0.2) is 45.3 Å². The van der Waals surface area contributed by atoms with E-state index < -0.39 is 10.8 Å². The van der Waals surface area contributed by atoms with E-state index in [2.05, 4.69) is 22.3 Å². The van der Waals surface area contributed by atoms with Gasteiger partial charge in [-0.15, -0.1) is 0 Å². The molecule has 32 heavy (non-hydrogen) atoms. The Labute approximate surface area is 190 Å². The fraction of sp³-hybridized carbons (Fsp3) is 0.348. The normalized spacial score (nSPS) is 19.6. The second kappa shape index (κ2) is 8.19. The summed E-state index contributed by atoms with van der Waals surface area (Å²) in [6.45, 7) is 3.87. The van der Waals surface area contributed by atoms with Gasteiger partial charge in [0, 0.05) is 47.2 Å². The summed E-state index contributed by atoms with van der Waals surface area (Å²) in [6.07, 6.45) is 1.39. The molecule has 2 aliphatic rings. The Morgan fingerprint density at radius 1 is 1.28 bits per heavy atom. The van der Waals surface area contributed by atoms with Gasteiger partial charge in [-0.25, -0.2) is 10.2 Å². The summed E-state index contributed by atoms with van der Waals surface area (Å²) in [5.74, 6) is 4.20. The van der Waals surface area contributed by atoms with Gasteiger partial charge >= 0.3 is 0 Å². The van der Waals surface area contributed by atoms with E-state index in [9.17, 15) is 4.21 Å². The van der Waals surface area contributed by atoms with Gasteiger partial charge in [-0.1, -0.05) is 29.8 Å². The quantitative estimate of drug-likeness (QED) is 0.596. The minimum Gasteiger partial charge on any atom is -0.368 e. The average Bonchev–Trinajstić information content (AvgIpc) is 2.94. The topological polar surface area (TPSA) is 108 Å². The van der Waals surface area contributed by atoms with E-state index in [0.29, 0.717) is 44.0 Å². The first-order chi connectivity index (χ1) is 15.4. The van der Waals surface area contributed by atoms with Crippen LogP contribution >= 0.6 is 0 Å². The fourth-order valence-electron chi connectivity index (χ4n) is 4.54. The zero-order valence-electron chi connectivity index (χ0n) is 18.0. The highest BCUT2D eigenvalue weighted by molar-refractivity contribution is 7.85. The van der Waals surface area contributed by atoms with Crippen molar-refractivity contribution in [1.29, 1.82) is 5.26 Å². The second-order valence-corrected chi connectivity index (χ2v) is 10.5. The minimum atomic E-state index is -1.03. The van der Waals surface area contributed by atoms with Gasteiger partial charge in [0.15, 0.2) is 0 Å². The van der Waals surface area contributed by atoms with Crippen LogP contribution in [-0.2, 0) is 17.3 Å². The zero-order chi connectivity index (χ0) is 22.3. The molecule has 0 saturated carbocycles. The summed E-state index contributed by atoms with van der Waals surface area (Å²) < 4.78 is 12.7. The molecule has 3 aromatic rings. The van der Waals surface area contributed by atoms with Crippen LogP contribution in [0.25, 0.3) is 10.9 Å². The number of aromatic nitrogens is 2. The van der Waals surface area contributed by atoms with Crippen LogP contribution in [0.3, 0.4) is 0 Å². The number of nitriles is 1. The van der Waals surface area contributed by atoms with Gasteiger partial charge in [0.1, 0.15) is 5.82 Å². The standard InChI is InChI=1S/C23H25BN6OS/c1-16-6-7-19-18(10-16)21(27-14-23(26)12-24(13-23)15-25)29-22(28-19)30-8-9-32(31)20-5-3-2-4-17(20)11-30/h2-7,10H,8-9,11-14,26H2,1H3,(H,27,28,29). The van der Waals surface area contributed by atoms with Gasteiger partial charge in [0.25, 0.3) is 6.71 Å². The lowest BCUT2D eigenvalue weighted by Crippen LogP contribution is -2.59. The van der Waals surface area contributed by atoms with Crippen molar-refractivity contribution < 1.29 is 4.21 Å². The molecular formula is C23H25BN6OS. The Hall–Kier alpha value is -2.96. The van der Waals surface area contributed by atoms with E-state index in [0.717, 1.165) is 32.7 Å². The summed E-state index contributed by atoms with van der Waals surface area (Å²) in [7, 11) is -1.03. The highest BCUT2D eigenvalue weighted by Crippen LogP contribution is 2.33. The maximum absolute atomic E-state index is 12.7. The molecule has 162 valence electrons. The fourth-order valence-corrected chi connectivity index (χ4v) is 5.80. The van der Waals surface area contributed by atoms with Crippen molar-refractivity contribution in [3.63, 3.8) is 0 Å². The molecule has 1 atom stereocenters. The van der Waals surface area contributed by atoms with Gasteiger partial charge in [0.2, 0.25) is 5.95 Å². The molecule has 2 aliphatic heterocycles. The Morgan fingerprint density at radius 3 is 2.91 bits per heavy atom. The molecule has 3 N–H and O–H groups in total. The maximum atomic E-state index is 12.7. The van der Waals surface area contributed by atoms with E-state index in [-0.39, 0.29) is 12.3 Å². The lowest BCUT2D eigenvalue weighted by molar-refractivity contribution is 0.495. The van der Waals surface area contributed by atoms with Crippen LogP contribution in [0, 0.1) is 18.2 Å². The predicted molar refractivity (Wildman–Crippen MR) is 129 cm³/mol. The highest BCUT2D eigenvalue weighted by Gasteiger charge is 2.44. The number of nitrogens with two attached hydrogens (primary N) is 1. The van der Waals surface area contributed by atoms with Crippen LogP contribution in [0.1, 0.15) is 11.1 Å². The highest BCUT2D eigenvalue weighted by atomic mass is 32.2. The first kappa shape index (κ1) is 20.9. The number of fused-ring (bicyclic) bond motifs is 2. The molecule has 0 amide bonds. The van der Waals surface area contributed by atoms with E-state index in [1.807, 2.05) is 43.3 Å². The monoisotopic (exact) mass is 444 g/mol. The van der Waals surface area contributed by atoms with E-state index in [1.54, 1.807) is 0 Å². The molecule has 1 unspecified atom stereocenters. The number of hydrogen-bond acceptors (Lipinski definition) is 7. The van der Waals surface area contributed by atoms with Crippen molar-refractivity contribution >= 4 is 40.2 Å². The van der Waals surface area contributed by atoms with Crippen molar-refractivity contribution in [3.05, 3.63) is 53.6 Å². The Kier molecular flexibility index (Phi) is 5.35. The van der Waals surface area contributed by atoms with Gasteiger partial charge in [-0.3, -0.25) is 4.21 Å². The number of benzene rings is 2. The van der Waals surface area contributed by atoms with Crippen LogP contribution < -0.4 is 16.0 Å². The van der Waals surface area contributed by atoms with Crippen LogP contribution in [0.2, 0.25) is 12.6 Å². The van der Waals surface area contributed by atoms with Gasteiger partial charge in [0.05, 0.1) is 16.3 Å². The third kappa shape index (κ3) is 3.96. The molecule has 0 spiro atoms. The molecule has 1 saturated heterocycles. The molecular weight excluding hydrogens is 419 g/mol. The molecule has 1 aromatic heterocycles. The molecule has 0 aliphatic carbocycles. The van der Waals surface area contributed by atoms with E-state index >= 15 is 0 Å². The summed E-state index contributed by atoms with van der Waals surface area (Å²) in [6, 6.07) is 14.0. The van der Waals surface area contributed by atoms with Gasteiger partial charge in [-0.05, 0) is 43.3 Å². The predicted octanol–water partition coefficient (Wildman–Crippen LogP) is 2.75. The first-order valence-corrected chi connectivity index (χ1v) is 12.2. The average molecular weight is 444 g/mol. The summed E-state index contributed by atoms with van der Waals surface area (Å²) >= 11 is 0. The van der Waals surface area contributed by atoms with Gasteiger partial charge < -0.3 is 16.0 Å². The zero-order valence-corrected chi connectivity index (χ0v) is 18.9. The first-order valence-electron chi connectivity index (χ1n) is 10.9. The third-order valence-corrected chi connectivity index (χ3v) is 7.79. The molecule has 1 fully saturated rings. The summed E-state index contributed by atoms with van der Waals surface area (Å²) in [5.41, 5.74) is 9.10. The van der Waals surface area contributed by atoms with E-state index in [4.69, 9.17) is 21.0 Å². The number of nitrogens with zero attached hydrogens (tertiary/aromatic N) is 4. The molecule has 9 heteroatoms. The lowest BCUT2D eigenvalue weighted by atomic mass is 9.30. The van der Waals surface area contributed by atoms with E-state index in [1.165, 1.54) is 0 Å². The smallest absolute Gasteiger partial charge is 0.271 e. The molecule has 0 bridgehead atoms. The molecule has 7 nitrogen and oxygen atoms in total. The number of nitrogens with one attached hydrogen (secondary N) is 1. The largest absolute Gasteiger partial charge is 0.368 e. The van der Waals surface area contributed by atoms with Gasteiger partial charge in [-0.2, -0.15) is 4.98 Å². The number of anilines is 2. The number of aryl methyl sites for hydroxylation is 1. The maximum Gasteiger partial charge on any atom is 0.271 e. The van der Waals surface area contributed by atoms with Crippen molar-refractivity contribution in [2.45, 2.75) is 36.5 Å². The number of rotatable bonds is 4. The minimum absolute atomic E-state index is 0.0415. The lowest BCUT2D eigenvalue weighted by Gasteiger charge is -2.40. The van der Waals surface area contributed by atoms with Crippen molar-refractivity contribution in [1.82, 2.24) is 9.97 Å². The van der Waals surface area contributed by atoms with Crippen LogP contribution in [0.5, 0.6) is 0 Å². The molecule has 5 rings (SSSR count). The number of hydrogen-bond donors (Lipinski definition) is 2. The van der Waals surface area contributed by atoms with Crippen molar-refractivity contribution in [2.24, 2.45) is 5.73 Å². The van der Waals surface area contributed by atoms with Crippen molar-refractivity contribution in [2.75, 3.05) is 29.1 Å². The molecule has 0 radical (unpaired) electrons. The van der Waals surface area contributed by atoms with Crippen LogP contribution in [0.15, 0.2) is 47.4 Å².